The number of aliphatic hydroxyl groups excluding tert-OH is 2. The summed E-state index contributed by atoms with van der Waals surface area (Å²) >= 11 is 0. The van der Waals surface area contributed by atoms with Crippen molar-refractivity contribution in [2.45, 2.75) is 77.6 Å². The maximum Gasteiger partial charge on any atom is 0.0811 e. The lowest BCUT2D eigenvalue weighted by Crippen LogP contribution is -2.37. The normalized spacial score (nSPS) is 36.4. The van der Waals surface area contributed by atoms with Gasteiger partial charge in [0.1, 0.15) is 0 Å². The molecule has 0 aromatic heterocycles. The molecular formula is C29H40O3. The highest BCUT2D eigenvalue weighted by Crippen LogP contribution is 2.59. The monoisotopic (exact) mass is 436 g/mol. The first-order chi connectivity index (χ1) is 15.4. The zero-order valence-corrected chi connectivity index (χ0v) is 19.8. The molecule has 4 rings (SSSR count). The molecular weight excluding hydrogens is 396 g/mol. The van der Waals surface area contributed by atoms with Crippen LogP contribution in [0.15, 0.2) is 65.8 Å². The molecule has 3 heteroatoms. The van der Waals surface area contributed by atoms with Gasteiger partial charge in [-0.15, -0.1) is 0 Å². The van der Waals surface area contributed by atoms with Crippen LogP contribution in [-0.4, -0.2) is 29.0 Å². The van der Waals surface area contributed by atoms with E-state index in [2.05, 4.69) is 56.8 Å². The van der Waals surface area contributed by atoms with Crippen molar-refractivity contribution in [2.24, 2.45) is 23.2 Å². The van der Waals surface area contributed by atoms with E-state index in [1.807, 2.05) is 6.07 Å². The summed E-state index contributed by atoms with van der Waals surface area (Å²) in [5, 5.41) is 20.2. The molecule has 2 N–H and O–H groups in total. The lowest BCUT2D eigenvalue weighted by atomic mass is 9.61. The van der Waals surface area contributed by atoms with Gasteiger partial charge in [-0.1, -0.05) is 68.5 Å². The summed E-state index contributed by atoms with van der Waals surface area (Å²) in [6, 6.07) is 10.4. The maximum absolute atomic E-state index is 10.2. The fraction of sp³-hybridized carbons (Fsp3) is 0.586. The van der Waals surface area contributed by atoms with E-state index in [9.17, 15) is 10.2 Å². The number of hydrogen-bond acceptors (Lipinski definition) is 3. The highest BCUT2D eigenvalue weighted by atomic mass is 16.5. The summed E-state index contributed by atoms with van der Waals surface area (Å²) in [5.41, 5.74) is 4.91. The minimum absolute atomic E-state index is 0.334. The van der Waals surface area contributed by atoms with Crippen LogP contribution in [0.3, 0.4) is 0 Å². The van der Waals surface area contributed by atoms with Gasteiger partial charge in [0.25, 0.3) is 0 Å². The Morgan fingerprint density at radius 2 is 1.97 bits per heavy atom. The second-order valence-corrected chi connectivity index (χ2v) is 10.6. The molecule has 3 aliphatic rings. The molecule has 0 radical (unpaired) electrons. The van der Waals surface area contributed by atoms with Crippen LogP contribution in [0.2, 0.25) is 0 Å². The molecule has 32 heavy (non-hydrogen) atoms. The minimum atomic E-state index is -0.618. The zero-order chi connectivity index (χ0) is 22.7. The van der Waals surface area contributed by atoms with Crippen LogP contribution in [0.4, 0.5) is 0 Å². The Kier molecular flexibility index (Phi) is 7.39. The molecule has 1 aromatic rings. The van der Waals surface area contributed by atoms with Gasteiger partial charge in [-0.05, 0) is 78.4 Å². The molecule has 3 nitrogen and oxygen atoms in total. The molecule has 0 unspecified atom stereocenters. The van der Waals surface area contributed by atoms with Crippen molar-refractivity contribution in [3.05, 3.63) is 71.3 Å². The topological polar surface area (TPSA) is 49.7 Å². The van der Waals surface area contributed by atoms with E-state index in [4.69, 9.17) is 4.74 Å². The van der Waals surface area contributed by atoms with Crippen molar-refractivity contribution < 1.29 is 14.9 Å². The third-order valence-electron chi connectivity index (χ3n) is 8.48. The predicted molar refractivity (Wildman–Crippen MR) is 130 cm³/mol. The summed E-state index contributed by atoms with van der Waals surface area (Å²) in [6.45, 7) is 10.5. The number of rotatable bonds is 6. The number of benzene rings is 1. The third kappa shape index (κ3) is 4.95. The number of fused-ring (bicyclic) bond motifs is 1. The lowest BCUT2D eigenvalue weighted by molar-refractivity contribution is 0.0277. The first kappa shape index (κ1) is 23.5. The number of allylic oxidation sites excluding steroid dienone is 3. The van der Waals surface area contributed by atoms with Crippen molar-refractivity contribution in [3.8, 4) is 0 Å². The Morgan fingerprint density at radius 1 is 1.19 bits per heavy atom. The first-order valence-electron chi connectivity index (χ1n) is 12.4. The molecule has 174 valence electrons. The molecule has 0 heterocycles. The third-order valence-corrected chi connectivity index (χ3v) is 8.48. The highest BCUT2D eigenvalue weighted by molar-refractivity contribution is 5.38. The number of hydrogen-bond donors (Lipinski definition) is 2. The molecule has 0 saturated heterocycles. The van der Waals surface area contributed by atoms with E-state index in [0.717, 1.165) is 24.2 Å². The number of aliphatic hydroxyl groups is 2. The van der Waals surface area contributed by atoms with Crippen LogP contribution >= 0.6 is 0 Å². The molecule has 3 aliphatic carbocycles. The van der Waals surface area contributed by atoms with E-state index in [0.29, 0.717) is 42.6 Å². The summed E-state index contributed by atoms with van der Waals surface area (Å²) < 4.78 is 6.12. The van der Waals surface area contributed by atoms with E-state index in [-0.39, 0.29) is 0 Å². The van der Waals surface area contributed by atoms with Crippen LogP contribution in [0.5, 0.6) is 0 Å². The van der Waals surface area contributed by atoms with Crippen LogP contribution in [-0.2, 0) is 11.3 Å². The van der Waals surface area contributed by atoms with Gasteiger partial charge in [0.2, 0.25) is 0 Å². The van der Waals surface area contributed by atoms with Gasteiger partial charge >= 0.3 is 0 Å². The van der Waals surface area contributed by atoms with Gasteiger partial charge in [0.15, 0.2) is 0 Å². The van der Waals surface area contributed by atoms with E-state index in [1.54, 1.807) is 5.57 Å². The standard InChI is InChI=1S/C29H40O3/c1-20(18-32-19-22-8-5-4-6-9-22)26-13-14-27-23(10-7-15-29(26,27)3)11-12-24-16-25(30)17-28(31)21(24)2/h4-6,8-9,11-12,20,25-28,30-31H,2,7,10,13-19H2,1,3H3/b23-11+,24-12-/t20-,25+,26+,27-,28-,29+/m0/s1. The smallest absolute Gasteiger partial charge is 0.0811 e. The summed E-state index contributed by atoms with van der Waals surface area (Å²) in [5.74, 6) is 1.86. The van der Waals surface area contributed by atoms with E-state index >= 15 is 0 Å². The second kappa shape index (κ2) is 10.1. The van der Waals surface area contributed by atoms with E-state index < -0.39 is 12.2 Å². The summed E-state index contributed by atoms with van der Waals surface area (Å²) in [4.78, 5) is 0. The molecule has 3 saturated carbocycles. The zero-order valence-electron chi connectivity index (χ0n) is 19.8. The highest BCUT2D eigenvalue weighted by Gasteiger charge is 2.50. The molecule has 0 spiro atoms. The van der Waals surface area contributed by atoms with Crippen LogP contribution < -0.4 is 0 Å². The molecule has 6 atom stereocenters. The Balaban J connectivity index is 1.41. The van der Waals surface area contributed by atoms with Gasteiger partial charge in [-0.3, -0.25) is 0 Å². The van der Waals surface area contributed by atoms with Crippen molar-refractivity contribution in [1.29, 1.82) is 0 Å². The Bertz CT molecular complexity index is 854. The number of ether oxygens (including phenoxy) is 1. The van der Waals surface area contributed by atoms with E-state index in [1.165, 1.54) is 31.2 Å². The SMILES string of the molecule is C=C1/C(=C\C=C2/CCC[C@]3(C)[C@@H]([C@@H](C)COCc4ccccc4)CC[C@@H]23)C[C@@H](O)C[C@@H]1O. The van der Waals surface area contributed by atoms with Gasteiger partial charge in [0, 0.05) is 13.0 Å². The van der Waals surface area contributed by atoms with Gasteiger partial charge in [-0.25, -0.2) is 0 Å². The van der Waals surface area contributed by atoms with Crippen molar-refractivity contribution in [1.82, 2.24) is 0 Å². The van der Waals surface area contributed by atoms with Crippen LogP contribution in [0, 0.1) is 23.2 Å². The Morgan fingerprint density at radius 3 is 2.75 bits per heavy atom. The first-order valence-corrected chi connectivity index (χ1v) is 12.4. The summed E-state index contributed by atoms with van der Waals surface area (Å²) in [6.07, 6.45) is 10.6. The molecule has 3 fully saturated rings. The molecule has 0 amide bonds. The molecule has 0 aliphatic heterocycles. The fourth-order valence-corrected chi connectivity index (χ4v) is 6.73. The van der Waals surface area contributed by atoms with Crippen LogP contribution in [0.25, 0.3) is 0 Å². The average molecular weight is 437 g/mol. The fourth-order valence-electron chi connectivity index (χ4n) is 6.73. The summed E-state index contributed by atoms with van der Waals surface area (Å²) in [7, 11) is 0. The minimum Gasteiger partial charge on any atom is -0.393 e. The Labute approximate surface area is 193 Å². The van der Waals surface area contributed by atoms with Crippen molar-refractivity contribution >= 4 is 0 Å². The quantitative estimate of drug-likeness (QED) is 0.577. The predicted octanol–water partition coefficient (Wildman–Crippen LogP) is 5.98. The van der Waals surface area contributed by atoms with Crippen molar-refractivity contribution in [3.63, 3.8) is 0 Å². The maximum atomic E-state index is 10.2. The lowest BCUT2D eigenvalue weighted by Gasteiger charge is -2.44. The van der Waals surface area contributed by atoms with Gasteiger partial charge in [0.05, 0.1) is 18.8 Å². The van der Waals surface area contributed by atoms with Gasteiger partial charge < -0.3 is 14.9 Å². The Hall–Kier alpha value is -1.68. The average Bonchev–Trinajstić information content (AvgIpc) is 3.13. The largest absolute Gasteiger partial charge is 0.393 e. The van der Waals surface area contributed by atoms with Crippen LogP contribution in [0.1, 0.15) is 64.4 Å². The van der Waals surface area contributed by atoms with Crippen molar-refractivity contribution in [2.75, 3.05) is 6.61 Å². The van der Waals surface area contributed by atoms with Gasteiger partial charge in [-0.2, -0.15) is 0 Å². The molecule has 0 bridgehead atoms. The second-order valence-electron chi connectivity index (χ2n) is 10.6. The molecule has 1 aromatic carbocycles.